The number of aromatic nitrogens is 2. The molecule has 0 unspecified atom stereocenters. The molecular formula is C21H16ClN3O2S. The first-order valence-electron chi connectivity index (χ1n) is 8.58. The van der Waals surface area contributed by atoms with E-state index < -0.39 is 11.5 Å². The third-order valence-corrected chi connectivity index (χ3v) is 5.55. The lowest BCUT2D eigenvalue weighted by Gasteiger charge is -2.09. The summed E-state index contributed by atoms with van der Waals surface area (Å²) in [6.45, 7) is 3.84. The summed E-state index contributed by atoms with van der Waals surface area (Å²) >= 11 is 7.32. The summed E-state index contributed by atoms with van der Waals surface area (Å²) in [6.07, 6.45) is 1.33. The van der Waals surface area contributed by atoms with Crippen molar-refractivity contribution < 1.29 is 4.79 Å². The van der Waals surface area contributed by atoms with Crippen LogP contribution in [0.25, 0.3) is 16.2 Å². The molecule has 2 aromatic carbocycles. The summed E-state index contributed by atoms with van der Waals surface area (Å²) in [5.74, 6) is -0.502. The number of anilines is 1. The van der Waals surface area contributed by atoms with Crippen molar-refractivity contribution in [2.24, 2.45) is 0 Å². The van der Waals surface area contributed by atoms with E-state index in [1.54, 1.807) is 18.2 Å². The lowest BCUT2D eigenvalue weighted by molar-refractivity contribution is 0.102. The Morgan fingerprint density at radius 2 is 1.89 bits per heavy atom. The molecule has 0 radical (unpaired) electrons. The van der Waals surface area contributed by atoms with Crippen molar-refractivity contribution in [1.29, 1.82) is 0 Å². The molecule has 1 amide bonds. The van der Waals surface area contributed by atoms with E-state index in [0.29, 0.717) is 15.7 Å². The van der Waals surface area contributed by atoms with Crippen LogP contribution in [0.3, 0.4) is 0 Å². The van der Waals surface area contributed by atoms with Crippen LogP contribution < -0.4 is 10.9 Å². The summed E-state index contributed by atoms with van der Waals surface area (Å²) in [4.78, 5) is 30.7. The highest BCUT2D eigenvalue weighted by molar-refractivity contribution is 7.15. The Morgan fingerprint density at radius 3 is 2.61 bits per heavy atom. The molecule has 2 aromatic heterocycles. The monoisotopic (exact) mass is 409 g/mol. The van der Waals surface area contributed by atoms with Gasteiger partial charge in [0.2, 0.25) is 0 Å². The van der Waals surface area contributed by atoms with Gasteiger partial charge in [0.1, 0.15) is 5.56 Å². The molecule has 0 atom stereocenters. The lowest BCUT2D eigenvalue weighted by atomic mass is 10.1. The molecule has 2 heterocycles. The van der Waals surface area contributed by atoms with Crippen LogP contribution in [0.4, 0.5) is 5.69 Å². The second-order valence-corrected chi connectivity index (χ2v) is 7.77. The van der Waals surface area contributed by atoms with Crippen molar-refractivity contribution in [3.8, 4) is 11.3 Å². The van der Waals surface area contributed by atoms with Crippen LogP contribution in [-0.4, -0.2) is 15.3 Å². The number of amides is 1. The number of thiazole rings is 1. The van der Waals surface area contributed by atoms with Crippen LogP contribution >= 0.6 is 22.9 Å². The van der Waals surface area contributed by atoms with E-state index in [2.05, 4.69) is 10.3 Å². The molecule has 5 nitrogen and oxygen atoms in total. The SMILES string of the molecule is Cc1ccc(-c2csc3ncc(C(=O)Nc4ccc(Cl)cc4C)c(=O)n23)cc1. The fourth-order valence-electron chi connectivity index (χ4n) is 2.93. The highest BCUT2D eigenvalue weighted by Crippen LogP contribution is 2.25. The van der Waals surface area contributed by atoms with Crippen molar-refractivity contribution in [2.75, 3.05) is 5.32 Å². The number of fused-ring (bicyclic) bond motifs is 1. The lowest BCUT2D eigenvalue weighted by Crippen LogP contribution is -2.26. The number of aryl methyl sites for hydroxylation is 2. The molecule has 0 aliphatic heterocycles. The maximum absolute atomic E-state index is 13.1. The van der Waals surface area contributed by atoms with Gasteiger partial charge in [0.05, 0.1) is 5.69 Å². The van der Waals surface area contributed by atoms with Gasteiger partial charge >= 0.3 is 0 Å². The van der Waals surface area contributed by atoms with Gasteiger partial charge < -0.3 is 5.32 Å². The van der Waals surface area contributed by atoms with E-state index in [1.807, 2.05) is 43.5 Å². The van der Waals surface area contributed by atoms with Crippen molar-refractivity contribution >= 4 is 39.5 Å². The Labute approximate surface area is 170 Å². The van der Waals surface area contributed by atoms with E-state index in [-0.39, 0.29) is 5.56 Å². The molecule has 0 fully saturated rings. The van der Waals surface area contributed by atoms with Crippen LogP contribution in [0.5, 0.6) is 0 Å². The van der Waals surface area contributed by atoms with Gasteiger partial charge in [-0.25, -0.2) is 4.98 Å². The van der Waals surface area contributed by atoms with Crippen LogP contribution in [0.15, 0.2) is 58.8 Å². The summed E-state index contributed by atoms with van der Waals surface area (Å²) in [5.41, 5.74) is 3.74. The number of hydrogen-bond acceptors (Lipinski definition) is 4. The molecular weight excluding hydrogens is 394 g/mol. The van der Waals surface area contributed by atoms with E-state index >= 15 is 0 Å². The van der Waals surface area contributed by atoms with Gasteiger partial charge in [-0.1, -0.05) is 41.4 Å². The third-order valence-electron chi connectivity index (χ3n) is 4.47. The number of carbonyl (C=O) groups is 1. The Bertz CT molecular complexity index is 1260. The Morgan fingerprint density at radius 1 is 1.14 bits per heavy atom. The minimum absolute atomic E-state index is 0.0152. The predicted molar refractivity (Wildman–Crippen MR) is 114 cm³/mol. The summed E-state index contributed by atoms with van der Waals surface area (Å²) in [5, 5.41) is 5.23. The van der Waals surface area contributed by atoms with E-state index in [0.717, 1.165) is 22.4 Å². The molecule has 0 aliphatic rings. The molecule has 28 heavy (non-hydrogen) atoms. The Balaban J connectivity index is 1.77. The second kappa shape index (κ2) is 7.22. The van der Waals surface area contributed by atoms with Crippen LogP contribution in [0.1, 0.15) is 21.5 Å². The zero-order chi connectivity index (χ0) is 19.8. The third kappa shape index (κ3) is 3.32. The summed E-state index contributed by atoms with van der Waals surface area (Å²) in [7, 11) is 0. The van der Waals surface area contributed by atoms with Gasteiger partial charge in [-0.2, -0.15) is 0 Å². The minimum Gasteiger partial charge on any atom is -0.322 e. The number of rotatable bonds is 3. The highest BCUT2D eigenvalue weighted by Gasteiger charge is 2.17. The van der Waals surface area contributed by atoms with Gasteiger partial charge in [0, 0.05) is 22.3 Å². The standard InChI is InChI=1S/C21H16ClN3O2S/c1-12-3-5-14(6-4-12)18-11-28-21-23-10-16(20(27)25(18)21)19(26)24-17-8-7-15(22)9-13(17)2/h3-11H,1-2H3,(H,24,26). The number of nitrogens with one attached hydrogen (secondary N) is 1. The Kier molecular flexibility index (Phi) is 4.75. The maximum atomic E-state index is 13.1. The molecule has 0 bridgehead atoms. The molecule has 4 rings (SSSR count). The number of benzene rings is 2. The molecule has 0 saturated heterocycles. The normalized spacial score (nSPS) is 11.0. The largest absolute Gasteiger partial charge is 0.322 e. The molecule has 0 aliphatic carbocycles. The first-order chi connectivity index (χ1) is 13.4. The predicted octanol–water partition coefficient (Wildman–Crippen LogP) is 4.95. The van der Waals surface area contributed by atoms with Crippen LogP contribution in [0.2, 0.25) is 5.02 Å². The zero-order valence-corrected chi connectivity index (χ0v) is 16.8. The van der Waals surface area contributed by atoms with E-state index in [4.69, 9.17) is 11.6 Å². The molecule has 1 N–H and O–H groups in total. The quantitative estimate of drug-likeness (QED) is 0.521. The highest BCUT2D eigenvalue weighted by atomic mass is 35.5. The van der Waals surface area contributed by atoms with Gasteiger partial charge in [-0.15, -0.1) is 11.3 Å². The summed E-state index contributed by atoms with van der Waals surface area (Å²) < 4.78 is 1.49. The maximum Gasteiger partial charge on any atom is 0.271 e. The van der Waals surface area contributed by atoms with Crippen molar-refractivity contribution in [3.63, 3.8) is 0 Å². The van der Waals surface area contributed by atoms with Gasteiger partial charge in [-0.05, 0) is 43.2 Å². The van der Waals surface area contributed by atoms with Gasteiger partial charge in [-0.3, -0.25) is 14.0 Å². The fourth-order valence-corrected chi connectivity index (χ4v) is 4.02. The number of nitrogens with zero attached hydrogens (tertiary/aromatic N) is 2. The van der Waals surface area contributed by atoms with Crippen LogP contribution in [-0.2, 0) is 0 Å². The van der Waals surface area contributed by atoms with Crippen LogP contribution in [0, 0.1) is 13.8 Å². The average molecular weight is 410 g/mol. The second-order valence-electron chi connectivity index (χ2n) is 6.50. The number of halogens is 1. The molecule has 0 spiro atoms. The number of hydrogen-bond donors (Lipinski definition) is 1. The van der Waals surface area contributed by atoms with E-state index in [9.17, 15) is 9.59 Å². The average Bonchev–Trinajstić information content (AvgIpc) is 3.10. The zero-order valence-electron chi connectivity index (χ0n) is 15.2. The van der Waals surface area contributed by atoms with Gasteiger partial charge in [0.15, 0.2) is 4.96 Å². The van der Waals surface area contributed by atoms with Crippen molar-refractivity contribution in [2.45, 2.75) is 13.8 Å². The number of carbonyl (C=O) groups excluding carboxylic acids is 1. The molecule has 7 heteroatoms. The van der Waals surface area contributed by atoms with Crippen molar-refractivity contribution in [1.82, 2.24) is 9.38 Å². The smallest absolute Gasteiger partial charge is 0.271 e. The summed E-state index contributed by atoms with van der Waals surface area (Å²) in [6, 6.07) is 13.0. The topological polar surface area (TPSA) is 63.5 Å². The first kappa shape index (κ1) is 18.4. The first-order valence-corrected chi connectivity index (χ1v) is 9.83. The fraction of sp³-hybridized carbons (Fsp3) is 0.0952. The van der Waals surface area contributed by atoms with Crippen molar-refractivity contribution in [3.05, 3.63) is 86.1 Å². The molecule has 4 aromatic rings. The van der Waals surface area contributed by atoms with E-state index in [1.165, 1.54) is 21.9 Å². The molecule has 140 valence electrons. The molecule has 0 saturated carbocycles. The van der Waals surface area contributed by atoms with Gasteiger partial charge in [0.25, 0.3) is 11.5 Å². The minimum atomic E-state index is -0.502. The Hall–Kier alpha value is -2.96.